The summed E-state index contributed by atoms with van der Waals surface area (Å²) < 4.78 is 10.2. The van der Waals surface area contributed by atoms with Gasteiger partial charge in [-0.15, -0.1) is 24.8 Å². The number of aliphatic hydroxyl groups excluding tert-OH is 2. The maximum atomic E-state index is 13.4. The van der Waals surface area contributed by atoms with Gasteiger partial charge in [-0.2, -0.15) is 0 Å². The summed E-state index contributed by atoms with van der Waals surface area (Å²) in [5, 5.41) is 60.5. The standard InChI is InChI=1S/C22H28N4O6.C17H16O4.2ClH/c27-11-9-23-5-7-25-13-1-2-14(26-8-6-24-10-12-28)18-17(13)21(31)19-15(29)3-4-16(30)20(19)22(18)32;1-20-13-10-15(19)17(16(11-13)21-2)14(18)9-8-12-6-4-3-5-7-12;;/h1-4,23-30H,5-12H2;3-11,19H,1-2H3;2*1H. The summed E-state index contributed by atoms with van der Waals surface area (Å²) in [6.45, 7) is 2.81. The number of methoxy groups -OCH3 is 2. The topological polar surface area (TPSA) is 219 Å². The number of hydrogen-bond acceptors (Lipinski definition) is 14. The lowest BCUT2D eigenvalue weighted by atomic mass is 9.81. The number of anilines is 2. The molecule has 0 saturated carbocycles. The van der Waals surface area contributed by atoms with E-state index in [1.165, 1.54) is 38.5 Å². The van der Waals surface area contributed by atoms with Crippen molar-refractivity contribution in [3.05, 3.63) is 106 Å². The minimum atomic E-state index is -0.559. The molecule has 5 rings (SSSR count). The summed E-state index contributed by atoms with van der Waals surface area (Å²) in [4.78, 5) is 39.0. The predicted octanol–water partition coefficient (Wildman–Crippen LogP) is 4.01. The van der Waals surface area contributed by atoms with E-state index in [2.05, 4.69) is 21.3 Å². The number of carbonyl (C=O) groups is 3. The normalized spacial score (nSPS) is 11.3. The van der Waals surface area contributed by atoms with E-state index in [1.807, 2.05) is 30.3 Å². The Morgan fingerprint density at radius 1 is 0.636 bits per heavy atom. The van der Waals surface area contributed by atoms with Gasteiger partial charge in [0.05, 0.1) is 49.7 Å². The molecule has 14 nitrogen and oxygen atoms in total. The first kappa shape index (κ1) is 45.8. The van der Waals surface area contributed by atoms with Crippen molar-refractivity contribution in [2.75, 3.05) is 77.3 Å². The van der Waals surface area contributed by atoms with Gasteiger partial charge in [0.25, 0.3) is 0 Å². The van der Waals surface area contributed by atoms with Gasteiger partial charge in [0, 0.05) is 62.8 Å². The fourth-order valence-corrected chi connectivity index (χ4v) is 5.56. The molecule has 0 heterocycles. The third kappa shape index (κ3) is 11.6. The second-order valence-corrected chi connectivity index (χ2v) is 11.6. The Balaban J connectivity index is 0.000000397. The molecule has 9 N–H and O–H groups in total. The molecule has 0 aliphatic heterocycles. The monoisotopic (exact) mass is 800 g/mol. The SMILES string of the molecule is COc1cc(O)c(C(=O)C=Cc2ccccc2)c(OC)c1.Cl.Cl.O=C1c2c(O)ccc(O)c2C(=O)c2c(NCCNCCO)ccc(NCCNCCO)c21. The molecule has 16 heteroatoms. The van der Waals surface area contributed by atoms with Gasteiger partial charge in [-0.05, 0) is 35.9 Å². The van der Waals surface area contributed by atoms with Gasteiger partial charge in [0.15, 0.2) is 5.78 Å². The predicted molar refractivity (Wildman–Crippen MR) is 215 cm³/mol. The maximum Gasteiger partial charge on any atom is 0.200 e. The Hall–Kier alpha value is -5.35. The van der Waals surface area contributed by atoms with Crippen molar-refractivity contribution in [2.24, 2.45) is 0 Å². The zero-order chi connectivity index (χ0) is 38.3. The number of phenolic OH excluding ortho intramolecular Hbond substituents is 3. The Bertz CT molecular complexity index is 1870. The van der Waals surface area contributed by atoms with E-state index in [1.54, 1.807) is 24.3 Å². The van der Waals surface area contributed by atoms with E-state index < -0.39 is 11.6 Å². The van der Waals surface area contributed by atoms with Crippen LogP contribution in [0.3, 0.4) is 0 Å². The molecule has 0 radical (unpaired) electrons. The van der Waals surface area contributed by atoms with Crippen molar-refractivity contribution in [1.29, 1.82) is 0 Å². The van der Waals surface area contributed by atoms with Crippen molar-refractivity contribution in [2.45, 2.75) is 0 Å². The maximum absolute atomic E-state index is 13.4. The number of phenols is 3. The minimum absolute atomic E-state index is 0. The molecule has 55 heavy (non-hydrogen) atoms. The average Bonchev–Trinajstić information content (AvgIpc) is 3.17. The Kier molecular flexibility index (Phi) is 19.0. The third-order valence-electron chi connectivity index (χ3n) is 8.07. The van der Waals surface area contributed by atoms with Crippen LogP contribution in [0.1, 0.15) is 47.8 Å². The second kappa shape index (κ2) is 22.8. The number of aromatic hydroxyl groups is 3. The highest BCUT2D eigenvalue weighted by Crippen LogP contribution is 2.42. The number of ketones is 3. The minimum Gasteiger partial charge on any atom is -0.507 e. The van der Waals surface area contributed by atoms with Gasteiger partial charge in [-0.25, -0.2) is 0 Å². The smallest absolute Gasteiger partial charge is 0.200 e. The third-order valence-corrected chi connectivity index (χ3v) is 8.07. The van der Waals surface area contributed by atoms with Gasteiger partial charge >= 0.3 is 0 Å². The van der Waals surface area contributed by atoms with E-state index in [4.69, 9.17) is 19.7 Å². The summed E-state index contributed by atoms with van der Waals surface area (Å²) in [7, 11) is 2.91. The van der Waals surface area contributed by atoms with Gasteiger partial charge in [0.1, 0.15) is 34.3 Å². The molecule has 0 fully saturated rings. The van der Waals surface area contributed by atoms with Crippen LogP contribution in [-0.4, -0.2) is 110 Å². The Morgan fingerprint density at radius 2 is 1.15 bits per heavy atom. The van der Waals surface area contributed by atoms with E-state index in [0.29, 0.717) is 56.4 Å². The van der Waals surface area contributed by atoms with Crippen LogP contribution in [0.5, 0.6) is 28.7 Å². The van der Waals surface area contributed by atoms with E-state index in [-0.39, 0.29) is 94.6 Å². The number of fused-ring (bicyclic) bond motifs is 2. The lowest BCUT2D eigenvalue weighted by molar-refractivity contribution is 0.0975. The lowest BCUT2D eigenvalue weighted by Crippen LogP contribution is -2.28. The second-order valence-electron chi connectivity index (χ2n) is 11.6. The fraction of sp³-hybridized carbons (Fsp3) is 0.256. The van der Waals surface area contributed by atoms with E-state index in [9.17, 15) is 29.7 Å². The number of rotatable bonds is 17. The molecule has 0 atom stereocenters. The number of nitrogens with one attached hydrogen (secondary N) is 4. The molecule has 0 aromatic heterocycles. The first-order chi connectivity index (χ1) is 25.7. The number of carbonyl (C=O) groups excluding carboxylic acids is 3. The highest BCUT2D eigenvalue weighted by molar-refractivity contribution is 6.33. The molecular weight excluding hydrogens is 755 g/mol. The molecule has 296 valence electrons. The zero-order valence-electron chi connectivity index (χ0n) is 30.3. The van der Waals surface area contributed by atoms with Gasteiger partial charge in [0.2, 0.25) is 11.6 Å². The summed E-state index contributed by atoms with van der Waals surface area (Å²) in [5.74, 6) is -1.67. The Labute approximate surface area is 331 Å². The van der Waals surface area contributed by atoms with Crippen molar-refractivity contribution in [3.63, 3.8) is 0 Å². The van der Waals surface area contributed by atoms with Gasteiger partial charge in [-0.1, -0.05) is 36.4 Å². The molecule has 1 aliphatic rings. The largest absolute Gasteiger partial charge is 0.507 e. The summed E-state index contributed by atoms with van der Waals surface area (Å²) in [6, 6.07) is 18.1. The highest BCUT2D eigenvalue weighted by Gasteiger charge is 2.38. The molecular formula is C39H46Cl2N4O10. The number of ether oxygens (including phenoxy) is 2. The number of allylic oxidation sites excluding steroid dienone is 1. The van der Waals surface area contributed by atoms with Crippen LogP contribution in [0.2, 0.25) is 0 Å². The number of hydrogen-bond donors (Lipinski definition) is 9. The highest BCUT2D eigenvalue weighted by atomic mass is 35.5. The summed E-state index contributed by atoms with van der Waals surface area (Å²) >= 11 is 0. The van der Waals surface area contributed by atoms with Crippen LogP contribution in [0.4, 0.5) is 11.4 Å². The first-order valence-corrected chi connectivity index (χ1v) is 16.8. The molecule has 0 unspecified atom stereocenters. The van der Waals surface area contributed by atoms with Crippen molar-refractivity contribution in [1.82, 2.24) is 10.6 Å². The van der Waals surface area contributed by atoms with Crippen molar-refractivity contribution >= 4 is 59.6 Å². The molecule has 0 bridgehead atoms. The molecule has 0 saturated heterocycles. The van der Waals surface area contributed by atoms with Crippen LogP contribution in [0.15, 0.2) is 72.8 Å². The molecule has 1 aliphatic carbocycles. The van der Waals surface area contributed by atoms with E-state index >= 15 is 0 Å². The molecule has 0 spiro atoms. The van der Waals surface area contributed by atoms with Crippen LogP contribution in [0.25, 0.3) is 6.08 Å². The van der Waals surface area contributed by atoms with E-state index in [0.717, 1.165) is 5.56 Å². The van der Waals surface area contributed by atoms with Gasteiger partial charge < -0.3 is 56.3 Å². The van der Waals surface area contributed by atoms with Gasteiger partial charge in [-0.3, -0.25) is 14.4 Å². The number of aliphatic hydroxyl groups is 2. The quantitative estimate of drug-likeness (QED) is 0.0281. The van der Waals surface area contributed by atoms with Crippen molar-refractivity contribution in [3.8, 4) is 28.7 Å². The number of halogens is 2. The van der Waals surface area contributed by atoms with Crippen LogP contribution in [-0.2, 0) is 0 Å². The van der Waals surface area contributed by atoms with Crippen LogP contribution >= 0.6 is 24.8 Å². The fourth-order valence-electron chi connectivity index (χ4n) is 5.56. The van der Waals surface area contributed by atoms with Crippen LogP contribution in [0, 0.1) is 0 Å². The average molecular weight is 802 g/mol. The molecule has 0 amide bonds. The summed E-state index contributed by atoms with van der Waals surface area (Å²) in [6.07, 6.45) is 3.09. The first-order valence-electron chi connectivity index (χ1n) is 16.8. The summed E-state index contributed by atoms with van der Waals surface area (Å²) in [5.41, 5.74) is 1.69. The van der Waals surface area contributed by atoms with Crippen LogP contribution < -0.4 is 30.7 Å². The van der Waals surface area contributed by atoms with Crippen molar-refractivity contribution < 1.29 is 49.4 Å². The Morgan fingerprint density at radius 3 is 1.60 bits per heavy atom. The zero-order valence-corrected chi connectivity index (χ0v) is 31.9. The number of benzene rings is 4. The molecule has 4 aromatic carbocycles. The lowest BCUT2D eigenvalue weighted by Gasteiger charge is -2.25. The molecule has 4 aromatic rings.